The summed E-state index contributed by atoms with van der Waals surface area (Å²) in [5, 5.41) is 12.2. The molecule has 2 fully saturated rings. The monoisotopic (exact) mass is 507 g/mol. The molecule has 1 amide bonds. The molecule has 172 valence electrons. The number of carbonyl (C=O) groups is 1. The Bertz CT molecular complexity index is 997. The van der Waals surface area contributed by atoms with Gasteiger partial charge < -0.3 is 14.7 Å². The summed E-state index contributed by atoms with van der Waals surface area (Å²) in [6.07, 6.45) is 1.94. The molecule has 1 aliphatic heterocycles. The highest BCUT2D eigenvalue weighted by atomic mass is 79.9. The maximum Gasteiger partial charge on any atom is 0.410 e. The van der Waals surface area contributed by atoms with Crippen molar-refractivity contribution in [3.63, 3.8) is 0 Å². The topological polar surface area (TPSA) is 49.8 Å². The van der Waals surface area contributed by atoms with Crippen molar-refractivity contribution >= 4 is 22.0 Å². The Kier molecular flexibility index (Phi) is 5.87. The zero-order chi connectivity index (χ0) is 23.3. The molecule has 1 spiro atoms. The molecule has 1 unspecified atom stereocenters. The lowest BCUT2D eigenvalue weighted by Gasteiger charge is -2.40. The van der Waals surface area contributed by atoms with Crippen LogP contribution in [0.4, 0.5) is 13.6 Å². The molecule has 1 N–H and O–H groups in total. The molecule has 0 radical (unpaired) electrons. The summed E-state index contributed by atoms with van der Waals surface area (Å²) in [7, 11) is 0. The molecule has 4 rings (SSSR count). The fourth-order valence-corrected chi connectivity index (χ4v) is 5.23. The minimum Gasteiger partial charge on any atom is -0.444 e. The first kappa shape index (κ1) is 23.2. The van der Waals surface area contributed by atoms with Crippen LogP contribution in [0.2, 0.25) is 0 Å². The van der Waals surface area contributed by atoms with Crippen LogP contribution >= 0.6 is 15.9 Å². The van der Waals surface area contributed by atoms with E-state index in [4.69, 9.17) is 4.74 Å². The average Bonchev–Trinajstić information content (AvgIpc) is 3.33. The number of aliphatic hydroxyl groups is 1. The lowest BCUT2D eigenvalue weighted by Crippen LogP contribution is -2.52. The molecule has 1 saturated carbocycles. The number of likely N-dealkylation sites (tertiary alicyclic amines) is 1. The molecule has 2 atom stereocenters. The van der Waals surface area contributed by atoms with Crippen LogP contribution in [-0.2, 0) is 16.8 Å². The van der Waals surface area contributed by atoms with E-state index in [-0.39, 0.29) is 21.9 Å². The minimum atomic E-state index is -1.59. The number of benzene rings is 2. The zero-order valence-electron chi connectivity index (χ0n) is 18.5. The number of hydrogen-bond acceptors (Lipinski definition) is 3. The van der Waals surface area contributed by atoms with E-state index in [0.717, 1.165) is 18.9 Å². The van der Waals surface area contributed by atoms with Gasteiger partial charge in [-0.05, 0) is 57.1 Å². The molecule has 2 aromatic rings. The summed E-state index contributed by atoms with van der Waals surface area (Å²) in [6.45, 7) is 5.90. The van der Waals surface area contributed by atoms with E-state index in [9.17, 15) is 18.7 Å². The van der Waals surface area contributed by atoms with Gasteiger partial charge in [0, 0.05) is 29.1 Å². The fraction of sp³-hybridized carbons (Fsp3) is 0.480. The molecular weight excluding hydrogens is 480 g/mol. The highest BCUT2D eigenvalue weighted by Gasteiger charge is 2.59. The van der Waals surface area contributed by atoms with Crippen LogP contribution in [-0.4, -0.2) is 34.3 Å². The average molecular weight is 508 g/mol. The number of rotatable bonds is 4. The molecule has 4 nitrogen and oxygen atoms in total. The van der Waals surface area contributed by atoms with Gasteiger partial charge in [-0.25, -0.2) is 13.6 Å². The van der Waals surface area contributed by atoms with Crippen molar-refractivity contribution in [2.24, 2.45) is 5.41 Å². The summed E-state index contributed by atoms with van der Waals surface area (Å²) in [6, 6.07) is 10.4. The van der Waals surface area contributed by atoms with E-state index in [1.807, 2.05) is 6.07 Å². The fourth-order valence-electron chi connectivity index (χ4n) is 4.68. The van der Waals surface area contributed by atoms with Crippen LogP contribution in [0, 0.1) is 17.0 Å². The number of ether oxygens (including phenoxy) is 1. The molecular formula is C25H28BrF2NO3. The van der Waals surface area contributed by atoms with Gasteiger partial charge in [-0.3, -0.25) is 0 Å². The summed E-state index contributed by atoms with van der Waals surface area (Å²) >= 11 is 3.25. The normalized spacial score (nSPS) is 21.5. The van der Waals surface area contributed by atoms with E-state index in [2.05, 4.69) is 15.9 Å². The molecule has 1 heterocycles. The van der Waals surface area contributed by atoms with Gasteiger partial charge in [0.1, 0.15) is 22.8 Å². The quantitative estimate of drug-likeness (QED) is 0.556. The van der Waals surface area contributed by atoms with Crippen LogP contribution in [0.5, 0.6) is 0 Å². The van der Waals surface area contributed by atoms with Gasteiger partial charge >= 0.3 is 6.09 Å². The molecule has 32 heavy (non-hydrogen) atoms. The van der Waals surface area contributed by atoms with E-state index >= 15 is 0 Å². The lowest BCUT2D eigenvalue weighted by atomic mass is 9.78. The third-order valence-corrected chi connectivity index (χ3v) is 7.18. The Morgan fingerprint density at radius 2 is 1.88 bits per heavy atom. The second kappa shape index (κ2) is 8.10. The van der Waals surface area contributed by atoms with Crippen molar-refractivity contribution in [3.8, 4) is 0 Å². The highest BCUT2D eigenvalue weighted by molar-refractivity contribution is 9.10. The Hall–Kier alpha value is -1.99. The van der Waals surface area contributed by atoms with Crippen molar-refractivity contribution < 1.29 is 23.4 Å². The van der Waals surface area contributed by atoms with E-state index in [0.29, 0.717) is 18.5 Å². The smallest absolute Gasteiger partial charge is 0.410 e. The Morgan fingerprint density at radius 1 is 1.22 bits per heavy atom. The Labute approximate surface area is 195 Å². The van der Waals surface area contributed by atoms with Crippen molar-refractivity contribution in [1.29, 1.82) is 0 Å². The van der Waals surface area contributed by atoms with Gasteiger partial charge in [0.05, 0.1) is 6.04 Å². The largest absolute Gasteiger partial charge is 0.444 e. The van der Waals surface area contributed by atoms with Crippen LogP contribution in [0.1, 0.15) is 51.2 Å². The van der Waals surface area contributed by atoms with E-state index in [1.54, 1.807) is 49.9 Å². The van der Waals surface area contributed by atoms with Crippen LogP contribution in [0.25, 0.3) is 0 Å². The van der Waals surface area contributed by atoms with Crippen molar-refractivity contribution in [2.75, 3.05) is 6.54 Å². The van der Waals surface area contributed by atoms with Gasteiger partial charge in [-0.2, -0.15) is 0 Å². The molecule has 2 aliphatic rings. The maximum atomic E-state index is 14.8. The van der Waals surface area contributed by atoms with Crippen molar-refractivity contribution in [2.45, 2.75) is 63.7 Å². The second-order valence-electron chi connectivity index (χ2n) is 10.1. The molecule has 0 bridgehead atoms. The second-order valence-corrected chi connectivity index (χ2v) is 11.0. The summed E-state index contributed by atoms with van der Waals surface area (Å²) in [5.74, 6) is -1.44. The number of hydrogen-bond donors (Lipinski definition) is 1. The number of halogens is 3. The zero-order valence-corrected chi connectivity index (χ0v) is 20.1. The van der Waals surface area contributed by atoms with Crippen LogP contribution in [0.3, 0.4) is 0 Å². The van der Waals surface area contributed by atoms with Crippen molar-refractivity contribution in [1.82, 2.24) is 4.90 Å². The Morgan fingerprint density at radius 3 is 2.44 bits per heavy atom. The van der Waals surface area contributed by atoms with E-state index in [1.165, 1.54) is 6.07 Å². The third-order valence-electron chi connectivity index (χ3n) is 6.47. The predicted molar refractivity (Wildman–Crippen MR) is 121 cm³/mol. The minimum absolute atomic E-state index is 0.0388. The highest BCUT2D eigenvalue weighted by Crippen LogP contribution is 2.58. The van der Waals surface area contributed by atoms with Crippen LogP contribution in [0.15, 0.2) is 46.9 Å². The standard InChI is InChI=1S/C25H28BrF2NO3/c1-23(2,3)32-22(30)29-15-24(9-10-24)14-21(29)25(31,16-7-5-4-6-8-16)13-18-19(26)11-17(27)12-20(18)28/h4-8,11-12,21,31H,9-10,13-15H2,1-3H3/t21-,25?/m0/s1. The molecule has 2 aromatic carbocycles. The third kappa shape index (κ3) is 4.55. The first-order valence-corrected chi connectivity index (χ1v) is 11.6. The van der Waals surface area contributed by atoms with Gasteiger partial charge in [0.2, 0.25) is 0 Å². The maximum absolute atomic E-state index is 14.8. The predicted octanol–water partition coefficient (Wildman–Crippen LogP) is 5.95. The molecule has 1 saturated heterocycles. The Balaban J connectivity index is 1.78. The van der Waals surface area contributed by atoms with Gasteiger partial charge in [0.25, 0.3) is 0 Å². The van der Waals surface area contributed by atoms with Gasteiger partial charge in [-0.1, -0.05) is 46.3 Å². The molecule has 1 aliphatic carbocycles. The van der Waals surface area contributed by atoms with Crippen LogP contribution < -0.4 is 0 Å². The first-order chi connectivity index (χ1) is 14.9. The van der Waals surface area contributed by atoms with Crippen molar-refractivity contribution in [3.05, 3.63) is 69.7 Å². The first-order valence-electron chi connectivity index (χ1n) is 10.8. The number of nitrogens with zero attached hydrogens (tertiary/aromatic N) is 1. The number of amides is 1. The van der Waals surface area contributed by atoms with Gasteiger partial charge in [0.15, 0.2) is 0 Å². The lowest BCUT2D eigenvalue weighted by molar-refractivity contribution is -0.0488. The molecule has 7 heteroatoms. The molecule has 0 aromatic heterocycles. The SMILES string of the molecule is CC(C)(C)OC(=O)N1CC2(CC2)C[C@H]1C(O)(Cc1c(F)cc(F)cc1Br)c1ccccc1. The van der Waals surface area contributed by atoms with Gasteiger partial charge in [-0.15, -0.1) is 0 Å². The summed E-state index contributed by atoms with van der Waals surface area (Å²) in [5.41, 5.74) is -1.57. The van der Waals surface area contributed by atoms with E-state index < -0.39 is 35.0 Å². The summed E-state index contributed by atoms with van der Waals surface area (Å²) < 4.78 is 34.4. The summed E-state index contributed by atoms with van der Waals surface area (Å²) in [4.78, 5) is 14.8. The number of carbonyl (C=O) groups excluding carboxylic acids is 1.